The molecule has 0 radical (unpaired) electrons. The molecular formula is C15H8BrNO2. The molecule has 4 heteroatoms. The van der Waals surface area contributed by atoms with Crippen molar-refractivity contribution in [3.8, 4) is 6.07 Å². The van der Waals surface area contributed by atoms with Crippen molar-refractivity contribution in [1.29, 1.82) is 5.26 Å². The van der Waals surface area contributed by atoms with Crippen molar-refractivity contribution >= 4 is 27.5 Å². The smallest absolute Gasteiger partial charge is 0.234 e. The van der Waals surface area contributed by atoms with Crippen LogP contribution in [0.3, 0.4) is 0 Å². The number of halogens is 1. The van der Waals surface area contributed by atoms with Gasteiger partial charge < -0.3 is 0 Å². The van der Waals surface area contributed by atoms with Gasteiger partial charge in [0.1, 0.15) is 6.07 Å². The summed E-state index contributed by atoms with van der Waals surface area (Å²) in [5.74, 6) is -1.22. The zero-order valence-corrected chi connectivity index (χ0v) is 11.3. The van der Waals surface area contributed by atoms with Crippen LogP contribution in [0.5, 0.6) is 0 Å². The van der Waals surface area contributed by atoms with Crippen molar-refractivity contribution in [3.05, 3.63) is 69.7 Å². The number of hydrogen-bond acceptors (Lipinski definition) is 3. The monoisotopic (exact) mass is 313 g/mol. The summed E-state index contributed by atoms with van der Waals surface area (Å²) in [5, 5.41) is 8.90. The molecule has 92 valence electrons. The van der Waals surface area contributed by atoms with E-state index in [0.29, 0.717) is 15.6 Å². The second-order valence-electron chi connectivity index (χ2n) is 3.80. The number of ketones is 2. The van der Waals surface area contributed by atoms with E-state index in [4.69, 9.17) is 5.26 Å². The van der Waals surface area contributed by atoms with Gasteiger partial charge >= 0.3 is 0 Å². The van der Waals surface area contributed by atoms with E-state index in [9.17, 15) is 9.59 Å². The fourth-order valence-electron chi connectivity index (χ4n) is 1.64. The number of carbonyl (C=O) groups is 2. The van der Waals surface area contributed by atoms with Crippen LogP contribution >= 0.6 is 15.9 Å². The molecular weight excluding hydrogens is 306 g/mol. The third kappa shape index (κ3) is 2.61. The minimum Gasteiger partial charge on any atom is -0.285 e. The molecule has 0 heterocycles. The van der Waals surface area contributed by atoms with Crippen LogP contribution in [-0.2, 0) is 0 Å². The standard InChI is InChI=1S/C15H8BrNO2/c16-13-11(9-17)7-4-8-12(13)15(19)14(18)10-5-2-1-3-6-10/h1-8H. The number of Topliss-reactive ketones (excluding diaryl/α,β-unsaturated/α-hetero) is 2. The summed E-state index contributed by atoms with van der Waals surface area (Å²) in [6.45, 7) is 0. The Morgan fingerprint density at radius 1 is 0.947 bits per heavy atom. The molecule has 0 saturated heterocycles. The summed E-state index contributed by atoms with van der Waals surface area (Å²) in [4.78, 5) is 24.2. The first kappa shape index (κ1) is 13.2. The van der Waals surface area contributed by atoms with E-state index in [-0.39, 0.29) is 5.56 Å². The Kier molecular flexibility index (Phi) is 3.88. The first-order valence-electron chi connectivity index (χ1n) is 5.48. The summed E-state index contributed by atoms with van der Waals surface area (Å²) in [5.41, 5.74) is 0.862. The van der Waals surface area contributed by atoms with Gasteiger partial charge in [0.15, 0.2) is 0 Å². The summed E-state index contributed by atoms with van der Waals surface area (Å²) < 4.78 is 0.354. The molecule has 0 saturated carbocycles. The Hall–Kier alpha value is -2.25. The van der Waals surface area contributed by atoms with Crippen LogP contribution in [0.15, 0.2) is 53.0 Å². The Morgan fingerprint density at radius 2 is 1.63 bits per heavy atom. The van der Waals surface area contributed by atoms with E-state index in [1.807, 2.05) is 6.07 Å². The van der Waals surface area contributed by atoms with Gasteiger partial charge in [0.2, 0.25) is 11.6 Å². The number of benzene rings is 2. The van der Waals surface area contributed by atoms with Crippen molar-refractivity contribution in [2.75, 3.05) is 0 Å². The molecule has 2 aromatic rings. The minimum atomic E-state index is -0.629. The fourth-order valence-corrected chi connectivity index (χ4v) is 2.17. The highest BCUT2D eigenvalue weighted by molar-refractivity contribution is 9.10. The molecule has 0 unspecified atom stereocenters. The second kappa shape index (κ2) is 5.59. The van der Waals surface area contributed by atoms with E-state index in [1.165, 1.54) is 6.07 Å². The highest BCUT2D eigenvalue weighted by Crippen LogP contribution is 2.22. The number of hydrogen-bond donors (Lipinski definition) is 0. The van der Waals surface area contributed by atoms with Crippen LogP contribution in [0.1, 0.15) is 26.3 Å². The van der Waals surface area contributed by atoms with E-state index in [0.717, 1.165) is 0 Å². The number of rotatable bonds is 3. The van der Waals surface area contributed by atoms with Gasteiger partial charge in [0, 0.05) is 15.6 Å². The SMILES string of the molecule is N#Cc1cccc(C(=O)C(=O)c2ccccc2)c1Br. The maximum Gasteiger partial charge on any atom is 0.234 e. The van der Waals surface area contributed by atoms with Crippen LogP contribution in [0.2, 0.25) is 0 Å². The molecule has 0 bridgehead atoms. The van der Waals surface area contributed by atoms with Gasteiger partial charge in [-0.25, -0.2) is 0 Å². The zero-order chi connectivity index (χ0) is 13.8. The molecule has 2 rings (SSSR count). The molecule has 0 aromatic heterocycles. The van der Waals surface area contributed by atoms with Crippen LogP contribution in [0, 0.1) is 11.3 Å². The highest BCUT2D eigenvalue weighted by atomic mass is 79.9. The van der Waals surface area contributed by atoms with E-state index < -0.39 is 11.6 Å². The van der Waals surface area contributed by atoms with E-state index >= 15 is 0 Å². The Morgan fingerprint density at radius 3 is 2.26 bits per heavy atom. The second-order valence-corrected chi connectivity index (χ2v) is 4.60. The maximum atomic E-state index is 12.1. The summed E-state index contributed by atoms with van der Waals surface area (Å²) in [6.07, 6.45) is 0. The average Bonchev–Trinajstić information content (AvgIpc) is 2.47. The average molecular weight is 314 g/mol. The van der Waals surface area contributed by atoms with Gasteiger partial charge in [-0.15, -0.1) is 0 Å². The molecule has 3 nitrogen and oxygen atoms in total. The van der Waals surface area contributed by atoms with E-state index in [2.05, 4.69) is 15.9 Å². The summed E-state index contributed by atoms with van der Waals surface area (Å²) >= 11 is 3.19. The highest BCUT2D eigenvalue weighted by Gasteiger charge is 2.21. The molecule has 0 spiro atoms. The first-order valence-corrected chi connectivity index (χ1v) is 6.27. The molecule has 0 N–H and O–H groups in total. The van der Waals surface area contributed by atoms with Crippen molar-refractivity contribution in [3.63, 3.8) is 0 Å². The van der Waals surface area contributed by atoms with Crippen molar-refractivity contribution in [2.45, 2.75) is 0 Å². The zero-order valence-electron chi connectivity index (χ0n) is 9.76. The Bertz CT molecular complexity index is 687. The lowest BCUT2D eigenvalue weighted by Gasteiger charge is -2.04. The van der Waals surface area contributed by atoms with Gasteiger partial charge in [-0.1, -0.05) is 36.4 Å². The van der Waals surface area contributed by atoms with Crippen LogP contribution in [0.4, 0.5) is 0 Å². The maximum absolute atomic E-state index is 12.1. The number of nitriles is 1. The van der Waals surface area contributed by atoms with Gasteiger partial charge in [0.25, 0.3) is 0 Å². The number of nitrogens with zero attached hydrogens (tertiary/aromatic N) is 1. The lowest BCUT2D eigenvalue weighted by atomic mass is 10.0. The molecule has 0 aliphatic carbocycles. The lowest BCUT2D eigenvalue weighted by molar-refractivity contribution is 0.0816. The lowest BCUT2D eigenvalue weighted by Crippen LogP contribution is -2.15. The predicted molar refractivity (Wildman–Crippen MR) is 74.0 cm³/mol. The molecule has 0 atom stereocenters. The third-order valence-electron chi connectivity index (χ3n) is 2.61. The molecule has 0 aliphatic rings. The molecule has 0 fully saturated rings. The summed E-state index contributed by atoms with van der Waals surface area (Å²) in [6, 6.07) is 15.0. The summed E-state index contributed by atoms with van der Waals surface area (Å²) in [7, 11) is 0. The van der Waals surface area contributed by atoms with Crippen LogP contribution in [0.25, 0.3) is 0 Å². The fraction of sp³-hybridized carbons (Fsp3) is 0. The van der Waals surface area contributed by atoms with Gasteiger partial charge in [-0.2, -0.15) is 5.26 Å². The van der Waals surface area contributed by atoms with Crippen molar-refractivity contribution in [2.24, 2.45) is 0 Å². The van der Waals surface area contributed by atoms with Gasteiger partial charge in [0.05, 0.1) is 5.56 Å². The molecule has 0 aliphatic heterocycles. The molecule has 2 aromatic carbocycles. The number of carbonyl (C=O) groups excluding carboxylic acids is 2. The molecule has 19 heavy (non-hydrogen) atoms. The van der Waals surface area contributed by atoms with Gasteiger partial charge in [-0.3, -0.25) is 9.59 Å². The quantitative estimate of drug-likeness (QED) is 0.644. The largest absolute Gasteiger partial charge is 0.285 e. The van der Waals surface area contributed by atoms with Crippen LogP contribution < -0.4 is 0 Å². The Labute approximate surface area is 118 Å². The topological polar surface area (TPSA) is 57.9 Å². The Balaban J connectivity index is 2.41. The van der Waals surface area contributed by atoms with Crippen molar-refractivity contribution < 1.29 is 9.59 Å². The molecule has 0 amide bonds. The van der Waals surface area contributed by atoms with Crippen molar-refractivity contribution in [1.82, 2.24) is 0 Å². The first-order chi connectivity index (χ1) is 9.15. The van der Waals surface area contributed by atoms with Crippen LogP contribution in [-0.4, -0.2) is 11.6 Å². The normalized spacial score (nSPS) is 9.68. The predicted octanol–water partition coefficient (Wildman–Crippen LogP) is 3.39. The minimum absolute atomic E-state index is 0.202. The third-order valence-corrected chi connectivity index (χ3v) is 3.46. The van der Waals surface area contributed by atoms with Gasteiger partial charge in [-0.05, 0) is 28.1 Å². The van der Waals surface area contributed by atoms with E-state index in [1.54, 1.807) is 42.5 Å².